The van der Waals surface area contributed by atoms with Gasteiger partial charge in [-0.05, 0) is 44.0 Å². The molecule has 0 saturated heterocycles. The molecule has 3 N–H and O–H groups in total. The minimum absolute atomic E-state index is 0.299. The van der Waals surface area contributed by atoms with Crippen LogP contribution in [-0.4, -0.2) is 21.9 Å². The molecule has 0 spiro atoms. The summed E-state index contributed by atoms with van der Waals surface area (Å²) in [5.74, 6) is 0.989. The third kappa shape index (κ3) is 4.22. The largest absolute Gasteiger partial charge is 0.397 e. The van der Waals surface area contributed by atoms with Gasteiger partial charge in [-0.15, -0.1) is 0 Å². The molecule has 2 aromatic rings. The molecule has 0 aliphatic rings. The Morgan fingerprint density at radius 3 is 2.74 bits per heavy atom. The van der Waals surface area contributed by atoms with Crippen molar-refractivity contribution in [3.63, 3.8) is 0 Å². The Morgan fingerprint density at radius 1 is 1.35 bits per heavy atom. The average Bonchev–Trinajstić information content (AvgIpc) is 2.90. The van der Waals surface area contributed by atoms with Gasteiger partial charge in [-0.3, -0.25) is 0 Å². The summed E-state index contributed by atoms with van der Waals surface area (Å²) in [5, 5.41) is 7.76. The maximum Gasteiger partial charge on any atom is 0.118 e. The van der Waals surface area contributed by atoms with Crippen molar-refractivity contribution in [2.75, 3.05) is 0 Å². The summed E-state index contributed by atoms with van der Waals surface area (Å²) < 4.78 is 1.87. The van der Waals surface area contributed by atoms with Gasteiger partial charge in [-0.1, -0.05) is 26.5 Å². The highest BCUT2D eigenvalue weighted by Gasteiger charge is 2.09. The molecule has 0 atom stereocenters. The smallest absolute Gasteiger partial charge is 0.118 e. The second kappa shape index (κ2) is 7.13. The van der Waals surface area contributed by atoms with Crippen molar-refractivity contribution in [3.05, 3.63) is 54.1 Å². The number of fused-ring (bicyclic) bond motifs is 1. The first-order valence-corrected chi connectivity index (χ1v) is 7.82. The van der Waals surface area contributed by atoms with Gasteiger partial charge in [0.05, 0.1) is 22.6 Å². The lowest BCUT2D eigenvalue weighted by Crippen LogP contribution is -2.20. The third-order valence-electron chi connectivity index (χ3n) is 3.33. The van der Waals surface area contributed by atoms with Gasteiger partial charge < -0.3 is 11.1 Å². The number of nitrogens with two attached hydrogens (primary N) is 1. The van der Waals surface area contributed by atoms with E-state index in [2.05, 4.69) is 41.9 Å². The summed E-state index contributed by atoms with van der Waals surface area (Å²) in [6.45, 7) is 12.2. The van der Waals surface area contributed by atoms with Gasteiger partial charge in [0, 0.05) is 12.3 Å². The van der Waals surface area contributed by atoms with Gasteiger partial charge in [-0.2, -0.15) is 5.10 Å². The second-order valence-electron chi connectivity index (χ2n) is 6.12. The number of pyridine rings is 1. The molecule has 0 aromatic carbocycles. The van der Waals surface area contributed by atoms with Crippen molar-refractivity contribution in [3.8, 4) is 0 Å². The first-order valence-electron chi connectivity index (χ1n) is 7.82. The number of nitrogens with one attached hydrogen (secondary N) is 1. The van der Waals surface area contributed by atoms with E-state index in [9.17, 15) is 0 Å². The zero-order valence-electron chi connectivity index (χ0n) is 14.2. The molecule has 0 radical (unpaired) electrons. The zero-order valence-corrected chi connectivity index (χ0v) is 14.2. The van der Waals surface area contributed by atoms with Crippen LogP contribution in [0.25, 0.3) is 11.2 Å². The van der Waals surface area contributed by atoms with Crippen LogP contribution in [0.15, 0.2) is 47.7 Å². The van der Waals surface area contributed by atoms with Crippen molar-refractivity contribution < 1.29 is 0 Å². The average molecular weight is 311 g/mol. The first-order chi connectivity index (χ1) is 10.9. The number of rotatable bonds is 6. The van der Waals surface area contributed by atoms with Crippen LogP contribution in [0.1, 0.15) is 45.0 Å². The summed E-state index contributed by atoms with van der Waals surface area (Å²) in [7, 11) is 0. The van der Waals surface area contributed by atoms with Gasteiger partial charge in [0.1, 0.15) is 5.82 Å². The van der Waals surface area contributed by atoms with Crippen LogP contribution in [0.5, 0.6) is 0 Å². The van der Waals surface area contributed by atoms with E-state index < -0.39 is 0 Å². The molecule has 2 rings (SSSR count). The van der Waals surface area contributed by atoms with Crippen molar-refractivity contribution in [2.45, 2.75) is 39.7 Å². The summed E-state index contributed by atoms with van der Waals surface area (Å²) in [6.07, 6.45) is 3.41. The third-order valence-corrected chi connectivity index (χ3v) is 3.33. The molecule has 5 nitrogen and oxygen atoms in total. The molecular formula is C18H25N5. The maximum absolute atomic E-state index is 6.19. The fraction of sp³-hybridized carbons (Fsp3) is 0.333. The fourth-order valence-corrected chi connectivity index (χ4v) is 2.20. The Kier molecular flexibility index (Phi) is 5.21. The predicted molar refractivity (Wildman–Crippen MR) is 97.3 cm³/mol. The van der Waals surface area contributed by atoms with Crippen LogP contribution in [0.3, 0.4) is 0 Å². The Bertz CT molecular complexity index is 750. The molecule has 122 valence electrons. The molecular weight excluding hydrogens is 286 g/mol. The van der Waals surface area contributed by atoms with E-state index in [-0.39, 0.29) is 0 Å². The van der Waals surface area contributed by atoms with E-state index in [1.165, 1.54) is 0 Å². The molecule has 0 saturated carbocycles. The van der Waals surface area contributed by atoms with Gasteiger partial charge in [0.2, 0.25) is 0 Å². The summed E-state index contributed by atoms with van der Waals surface area (Å²) >= 11 is 0. The summed E-state index contributed by atoms with van der Waals surface area (Å²) in [5.41, 5.74) is 9.73. The molecule has 0 aliphatic carbocycles. The summed E-state index contributed by atoms with van der Waals surface area (Å²) in [6, 6.07) is 8.34. The molecule has 5 heteroatoms. The quantitative estimate of drug-likeness (QED) is 0.804. The SMILES string of the molecule is C=C(N=C/C=C(\N)c1cccc2cc(C(C)C)nn12)NC(C)C. The lowest BCUT2D eigenvalue weighted by Gasteiger charge is -2.07. The van der Waals surface area contributed by atoms with Gasteiger partial charge in [-0.25, -0.2) is 9.51 Å². The number of hydrogen-bond donors (Lipinski definition) is 2. The van der Waals surface area contributed by atoms with Crippen LogP contribution in [0.2, 0.25) is 0 Å². The molecule has 23 heavy (non-hydrogen) atoms. The highest BCUT2D eigenvalue weighted by atomic mass is 15.2. The minimum atomic E-state index is 0.299. The van der Waals surface area contributed by atoms with Crippen molar-refractivity contribution >= 4 is 17.4 Å². The highest BCUT2D eigenvalue weighted by molar-refractivity contribution is 5.83. The Morgan fingerprint density at radius 2 is 2.09 bits per heavy atom. The van der Waals surface area contributed by atoms with Crippen molar-refractivity contribution in [2.24, 2.45) is 10.7 Å². The van der Waals surface area contributed by atoms with Gasteiger partial charge >= 0.3 is 0 Å². The van der Waals surface area contributed by atoms with Crippen LogP contribution in [0, 0.1) is 0 Å². The molecule has 2 heterocycles. The fourth-order valence-electron chi connectivity index (χ4n) is 2.20. The standard InChI is InChI=1S/C18H25N5/c1-12(2)17-11-15-7-6-8-18(23(15)22-17)16(19)9-10-20-14(5)21-13(3)4/h6-13,21H,5,19H2,1-4H3/b16-9-,20-10?. The molecule has 0 unspecified atom stereocenters. The normalized spacial score (nSPS) is 12.7. The highest BCUT2D eigenvalue weighted by Crippen LogP contribution is 2.18. The Balaban J connectivity index is 2.26. The van der Waals surface area contributed by atoms with Crippen molar-refractivity contribution in [1.29, 1.82) is 0 Å². The zero-order chi connectivity index (χ0) is 17.0. The van der Waals surface area contributed by atoms with E-state index in [1.807, 2.05) is 36.6 Å². The lowest BCUT2D eigenvalue weighted by atomic mass is 10.1. The van der Waals surface area contributed by atoms with Crippen LogP contribution in [-0.2, 0) is 0 Å². The Hall–Kier alpha value is -2.56. The molecule has 0 fully saturated rings. The number of nitrogens with zero attached hydrogens (tertiary/aromatic N) is 3. The molecule has 0 bridgehead atoms. The van der Waals surface area contributed by atoms with Crippen molar-refractivity contribution in [1.82, 2.24) is 14.9 Å². The number of allylic oxidation sites excluding steroid dienone is 1. The monoisotopic (exact) mass is 311 g/mol. The number of hydrogen-bond acceptors (Lipinski definition) is 4. The van der Waals surface area contributed by atoms with E-state index in [0.29, 0.717) is 23.5 Å². The number of aromatic nitrogens is 2. The van der Waals surface area contributed by atoms with Crippen LogP contribution < -0.4 is 11.1 Å². The maximum atomic E-state index is 6.19. The van der Waals surface area contributed by atoms with E-state index in [0.717, 1.165) is 16.9 Å². The van der Waals surface area contributed by atoms with E-state index >= 15 is 0 Å². The van der Waals surface area contributed by atoms with E-state index in [1.54, 1.807) is 12.3 Å². The molecule has 0 aliphatic heterocycles. The summed E-state index contributed by atoms with van der Waals surface area (Å²) in [4.78, 5) is 4.23. The molecule has 2 aromatic heterocycles. The second-order valence-corrected chi connectivity index (χ2v) is 6.12. The van der Waals surface area contributed by atoms with Gasteiger partial charge in [0.25, 0.3) is 0 Å². The topological polar surface area (TPSA) is 67.7 Å². The number of aliphatic imine (C=N–C) groups is 1. The van der Waals surface area contributed by atoms with Crippen LogP contribution in [0.4, 0.5) is 0 Å². The van der Waals surface area contributed by atoms with Crippen LogP contribution >= 0.6 is 0 Å². The van der Waals surface area contributed by atoms with Gasteiger partial charge in [0.15, 0.2) is 0 Å². The van der Waals surface area contributed by atoms with E-state index in [4.69, 9.17) is 5.73 Å². The molecule has 0 amide bonds. The minimum Gasteiger partial charge on any atom is -0.397 e. The lowest BCUT2D eigenvalue weighted by molar-refractivity contribution is 0.666. The first kappa shape index (κ1) is 16.8. The predicted octanol–water partition coefficient (Wildman–Crippen LogP) is 3.30. The Labute approximate surface area is 137 Å².